The molecule has 0 radical (unpaired) electrons. The molecule has 1 aliphatic carbocycles. The van der Waals surface area contributed by atoms with Crippen LogP contribution in [0.1, 0.15) is 24.0 Å². The number of aliphatic hydroxyl groups is 1. The van der Waals surface area contributed by atoms with Crippen molar-refractivity contribution in [2.75, 3.05) is 41.7 Å². The number of aromatic nitrogens is 2. The number of hydrogen-bond donors (Lipinski definition) is 1. The summed E-state index contributed by atoms with van der Waals surface area (Å²) in [6, 6.07) is 14.3. The summed E-state index contributed by atoms with van der Waals surface area (Å²) in [6.07, 6.45) is -1.75. The molecule has 230 valence electrons. The molecule has 43 heavy (non-hydrogen) atoms. The van der Waals surface area contributed by atoms with E-state index in [0.717, 1.165) is 16.5 Å². The van der Waals surface area contributed by atoms with Crippen LogP contribution in [0.3, 0.4) is 0 Å². The van der Waals surface area contributed by atoms with E-state index in [1.807, 2.05) is 0 Å². The van der Waals surface area contributed by atoms with Crippen LogP contribution in [-0.2, 0) is 16.9 Å². The number of urea groups is 1. The largest absolute Gasteiger partial charge is 0.497 e. The Morgan fingerprint density at radius 1 is 1.05 bits per heavy atom. The second kappa shape index (κ2) is 11.8. The molecule has 2 aliphatic rings. The van der Waals surface area contributed by atoms with Gasteiger partial charge in [-0.1, -0.05) is 31.8 Å². The van der Waals surface area contributed by atoms with Crippen LogP contribution in [0.25, 0.3) is 0 Å². The van der Waals surface area contributed by atoms with E-state index in [0.29, 0.717) is 42.1 Å². The highest BCUT2D eigenvalue weighted by molar-refractivity contribution is 6.76. The smallest absolute Gasteiger partial charge is 0.406 e. The van der Waals surface area contributed by atoms with Gasteiger partial charge in [-0.3, -0.25) is 4.90 Å². The highest BCUT2D eigenvalue weighted by Gasteiger charge is 2.42. The normalized spacial score (nSPS) is 16.2. The second-order valence-corrected chi connectivity index (χ2v) is 17.8. The molecule has 0 unspecified atom stereocenters. The lowest BCUT2D eigenvalue weighted by molar-refractivity contribution is -0.122. The van der Waals surface area contributed by atoms with E-state index < -0.39 is 32.4 Å². The molecule has 3 aromatic rings. The van der Waals surface area contributed by atoms with E-state index in [-0.39, 0.29) is 25.0 Å². The van der Waals surface area contributed by atoms with Crippen molar-refractivity contribution in [3.05, 3.63) is 65.9 Å². The number of carbonyl (C=O) groups excluding carboxylic acids is 1. The molecule has 0 saturated heterocycles. The van der Waals surface area contributed by atoms with Gasteiger partial charge in [-0.05, 0) is 60.8 Å². The van der Waals surface area contributed by atoms with Crippen molar-refractivity contribution in [1.82, 2.24) is 9.97 Å². The lowest BCUT2D eigenvalue weighted by Gasteiger charge is -2.36. The zero-order valence-corrected chi connectivity index (χ0v) is 25.7. The molecule has 9 nitrogen and oxygen atoms in total. The van der Waals surface area contributed by atoms with Gasteiger partial charge in [0.1, 0.15) is 19.0 Å². The monoisotopic (exact) mass is 615 g/mol. The summed E-state index contributed by atoms with van der Waals surface area (Å²) in [5.41, 5.74) is 1.49. The second-order valence-electron chi connectivity index (χ2n) is 12.2. The molecule has 5 rings (SSSR count). The molecule has 13 heteroatoms. The molecular formula is C30H36F3N5O4Si. The van der Waals surface area contributed by atoms with Crippen LogP contribution < -0.4 is 19.4 Å². The number of hydrogen-bond acceptors (Lipinski definition) is 7. The zero-order chi connectivity index (χ0) is 31.0. The predicted octanol–water partition coefficient (Wildman–Crippen LogP) is 6.43. The predicted molar refractivity (Wildman–Crippen MR) is 161 cm³/mol. The van der Waals surface area contributed by atoms with Crippen LogP contribution >= 0.6 is 0 Å². The van der Waals surface area contributed by atoms with Crippen LogP contribution in [0.5, 0.6) is 5.75 Å². The van der Waals surface area contributed by atoms with E-state index >= 15 is 0 Å². The average Bonchev–Trinajstić information content (AvgIpc) is 3.71. The topological polar surface area (TPSA) is 91.3 Å². The Hall–Kier alpha value is -3.68. The molecule has 0 atom stereocenters. The average molecular weight is 616 g/mol. The number of fused-ring (bicyclic) bond motifs is 1. The van der Waals surface area contributed by atoms with Gasteiger partial charge in [0, 0.05) is 32.1 Å². The molecule has 2 aromatic carbocycles. The zero-order valence-electron chi connectivity index (χ0n) is 24.7. The number of halogens is 3. The molecule has 1 aliphatic heterocycles. The Bertz CT molecular complexity index is 1440. The van der Waals surface area contributed by atoms with E-state index in [9.17, 15) is 23.1 Å². The number of rotatable bonds is 11. The fourth-order valence-corrected chi connectivity index (χ4v) is 5.52. The van der Waals surface area contributed by atoms with Crippen LogP contribution in [0.15, 0.2) is 54.7 Å². The van der Waals surface area contributed by atoms with Crippen molar-refractivity contribution in [2.24, 2.45) is 0 Å². The van der Waals surface area contributed by atoms with E-state index in [1.165, 1.54) is 11.1 Å². The Balaban J connectivity index is 1.51. The van der Waals surface area contributed by atoms with Gasteiger partial charge in [-0.25, -0.2) is 14.7 Å². The maximum Gasteiger partial charge on any atom is 0.406 e. The Morgan fingerprint density at radius 2 is 1.70 bits per heavy atom. The van der Waals surface area contributed by atoms with E-state index in [2.05, 4.69) is 29.6 Å². The summed E-state index contributed by atoms with van der Waals surface area (Å²) in [4.78, 5) is 26.7. The van der Waals surface area contributed by atoms with Gasteiger partial charge >= 0.3 is 12.2 Å². The minimum Gasteiger partial charge on any atom is -0.497 e. The molecular weight excluding hydrogens is 579 g/mol. The molecule has 0 spiro atoms. The summed E-state index contributed by atoms with van der Waals surface area (Å²) in [7, 11) is 0.101. The number of amides is 2. The van der Waals surface area contributed by atoms with E-state index in [4.69, 9.17) is 9.47 Å². The lowest BCUT2D eigenvalue weighted by atomic mass is 10.1. The molecule has 0 bridgehead atoms. The highest BCUT2D eigenvalue weighted by Crippen LogP contribution is 2.46. The molecule has 1 saturated carbocycles. The summed E-state index contributed by atoms with van der Waals surface area (Å²) in [5, 5.41) is 10.5. The van der Waals surface area contributed by atoms with Crippen molar-refractivity contribution < 1.29 is 32.5 Å². The van der Waals surface area contributed by atoms with Crippen LogP contribution in [-0.4, -0.2) is 62.3 Å². The third kappa shape index (κ3) is 7.28. The number of carbonyl (C=O) groups is 1. The summed E-state index contributed by atoms with van der Waals surface area (Å²) < 4.78 is 51.8. The lowest BCUT2D eigenvalue weighted by Crippen LogP contribution is -2.46. The van der Waals surface area contributed by atoms with Crippen LogP contribution in [0.2, 0.25) is 25.7 Å². The van der Waals surface area contributed by atoms with Gasteiger partial charge in [-0.2, -0.15) is 18.2 Å². The van der Waals surface area contributed by atoms with Crippen molar-refractivity contribution in [1.29, 1.82) is 0 Å². The number of ether oxygens (including phenoxy) is 2. The first-order chi connectivity index (χ1) is 20.3. The van der Waals surface area contributed by atoms with Crippen LogP contribution in [0, 0.1) is 0 Å². The standard InChI is InChI=1S/C30H36F3N5O4Si/c1-41-25-11-9-23(10-12-25)37-18-21-17-34-27(36(19-30(31,32)33)20-42-15-16-43(2,3)4)35-26(21)38(28(37)39)24-7-5-22(6-8-24)29(40)13-14-29/h5-12,17,40H,13-16,18-20H2,1-4H3. The first kappa shape index (κ1) is 30.8. The molecule has 2 heterocycles. The van der Waals surface area contributed by atoms with Crippen LogP contribution in [0.4, 0.5) is 41.1 Å². The molecule has 1 N–H and O–H groups in total. The van der Waals surface area contributed by atoms with Crippen molar-refractivity contribution in [3.63, 3.8) is 0 Å². The first-order valence-electron chi connectivity index (χ1n) is 14.1. The molecule has 1 aromatic heterocycles. The van der Waals surface area contributed by atoms with Crippen molar-refractivity contribution in [3.8, 4) is 5.75 Å². The Kier molecular flexibility index (Phi) is 8.42. The Morgan fingerprint density at radius 3 is 2.28 bits per heavy atom. The van der Waals surface area contributed by atoms with Gasteiger partial charge in [0.25, 0.3) is 0 Å². The summed E-state index contributed by atoms with van der Waals surface area (Å²) >= 11 is 0. The number of benzene rings is 2. The number of anilines is 4. The van der Waals surface area contributed by atoms with Gasteiger partial charge in [-0.15, -0.1) is 0 Å². The van der Waals surface area contributed by atoms with Gasteiger partial charge in [0.15, 0.2) is 5.82 Å². The highest BCUT2D eigenvalue weighted by atomic mass is 28.3. The van der Waals surface area contributed by atoms with E-state index in [1.54, 1.807) is 60.5 Å². The molecule has 1 fully saturated rings. The third-order valence-electron chi connectivity index (χ3n) is 7.46. The Labute approximate surface area is 249 Å². The number of alkyl halides is 3. The fourth-order valence-electron chi connectivity index (χ4n) is 4.76. The SMILES string of the molecule is COc1ccc(N2Cc3cnc(N(COCC[Si](C)(C)C)CC(F)(F)F)nc3N(c3ccc(C4(O)CC4)cc3)C2=O)cc1. The summed E-state index contributed by atoms with van der Waals surface area (Å²) in [6.45, 7) is 5.27. The fraction of sp³-hybridized carbons (Fsp3) is 0.433. The summed E-state index contributed by atoms with van der Waals surface area (Å²) in [5.74, 6) is 0.625. The van der Waals surface area contributed by atoms with Gasteiger partial charge in [0.2, 0.25) is 5.95 Å². The number of nitrogens with zero attached hydrogens (tertiary/aromatic N) is 5. The maximum atomic E-state index is 14.0. The van der Waals surface area contributed by atoms with Crippen molar-refractivity contribution in [2.45, 2.75) is 56.8 Å². The number of methoxy groups -OCH3 is 1. The van der Waals surface area contributed by atoms with Crippen molar-refractivity contribution >= 4 is 37.2 Å². The first-order valence-corrected chi connectivity index (χ1v) is 17.8. The molecule has 2 amide bonds. The third-order valence-corrected chi connectivity index (χ3v) is 9.16. The minimum absolute atomic E-state index is 0.112. The van der Waals surface area contributed by atoms with Gasteiger partial charge < -0.3 is 19.5 Å². The van der Waals surface area contributed by atoms with Gasteiger partial charge in [0.05, 0.1) is 24.9 Å². The minimum atomic E-state index is -4.53. The maximum absolute atomic E-state index is 14.0. The quantitative estimate of drug-likeness (QED) is 0.151.